The summed E-state index contributed by atoms with van der Waals surface area (Å²) >= 11 is 0. The first-order chi connectivity index (χ1) is 29.9. The fraction of sp³-hybridized carbons (Fsp3) is 0.0182. The van der Waals surface area contributed by atoms with Crippen LogP contribution in [0.3, 0.4) is 0 Å². The van der Waals surface area contributed by atoms with Crippen molar-refractivity contribution in [2.75, 3.05) is 0 Å². The summed E-state index contributed by atoms with van der Waals surface area (Å²) < 4.78 is 45.1. The Labute approximate surface area is 355 Å². The van der Waals surface area contributed by atoms with Crippen LogP contribution in [0, 0.1) is 0 Å². The summed E-state index contributed by atoms with van der Waals surface area (Å²) in [6, 6.07) is 83.9. The molecule has 0 saturated carbocycles. The fourth-order valence-electron chi connectivity index (χ4n) is 9.72. The summed E-state index contributed by atoms with van der Waals surface area (Å²) in [5.74, 6) is 0. The van der Waals surface area contributed by atoms with Gasteiger partial charge in [0, 0.05) is 16.5 Å². The van der Waals surface area contributed by atoms with Gasteiger partial charge in [-0.15, -0.1) is 0 Å². The topological polar surface area (TPSA) is 4.93 Å². The minimum atomic E-state index is -4.49. The standard InChI is InChI=1S/C55H40F3NSi2/c56-55(57,58)41-20-19-21-42(38-41)59-53-36-34-49(60(43-22-7-1-8-23-43,44-24-9-2-10-25-44)45-26-11-3-12-27-45)39-51(53)52-40-50(35-37-54(52)59)61(46-28-13-4-14-29-46,47-30-15-5-16-31-47)48-32-17-6-18-33-48/h1-40H. The molecule has 6 heteroatoms. The highest BCUT2D eigenvalue weighted by Gasteiger charge is 2.43. The Morgan fingerprint density at radius 1 is 0.295 bits per heavy atom. The van der Waals surface area contributed by atoms with Crippen LogP contribution in [0.25, 0.3) is 27.5 Å². The molecule has 0 spiro atoms. The summed E-state index contributed by atoms with van der Waals surface area (Å²) in [5.41, 5.74) is 1.48. The first-order valence-electron chi connectivity index (χ1n) is 20.5. The molecule has 61 heavy (non-hydrogen) atoms. The van der Waals surface area contributed by atoms with Crippen molar-refractivity contribution < 1.29 is 13.2 Å². The third kappa shape index (κ3) is 6.38. The van der Waals surface area contributed by atoms with Crippen molar-refractivity contribution in [1.82, 2.24) is 4.57 Å². The highest BCUT2D eigenvalue weighted by molar-refractivity contribution is 7.20. The molecule has 0 aliphatic rings. The van der Waals surface area contributed by atoms with Crippen LogP contribution in [0.1, 0.15) is 5.56 Å². The molecule has 10 aromatic rings. The van der Waals surface area contributed by atoms with Crippen LogP contribution in [0.4, 0.5) is 13.2 Å². The normalized spacial score (nSPS) is 12.2. The van der Waals surface area contributed by atoms with E-state index >= 15 is 0 Å². The lowest BCUT2D eigenvalue weighted by molar-refractivity contribution is -0.137. The predicted octanol–water partition coefficient (Wildman–Crippen LogP) is 8.56. The van der Waals surface area contributed by atoms with Gasteiger partial charge in [0.25, 0.3) is 0 Å². The monoisotopic (exact) mass is 827 g/mol. The molecule has 0 bridgehead atoms. The van der Waals surface area contributed by atoms with Crippen LogP contribution < -0.4 is 41.5 Å². The van der Waals surface area contributed by atoms with Gasteiger partial charge in [-0.3, -0.25) is 0 Å². The second kappa shape index (κ2) is 15.6. The van der Waals surface area contributed by atoms with E-state index in [1.165, 1.54) is 53.6 Å². The van der Waals surface area contributed by atoms with Crippen molar-refractivity contribution in [1.29, 1.82) is 0 Å². The van der Waals surface area contributed by atoms with Gasteiger partial charge in [0.2, 0.25) is 0 Å². The van der Waals surface area contributed by atoms with Crippen molar-refractivity contribution in [3.8, 4) is 5.69 Å². The molecule has 0 radical (unpaired) electrons. The predicted molar refractivity (Wildman–Crippen MR) is 253 cm³/mol. The van der Waals surface area contributed by atoms with Crippen LogP contribution >= 0.6 is 0 Å². The van der Waals surface area contributed by atoms with Gasteiger partial charge in [-0.1, -0.05) is 212 Å². The first-order valence-corrected chi connectivity index (χ1v) is 24.5. The van der Waals surface area contributed by atoms with Gasteiger partial charge in [-0.05, 0) is 71.8 Å². The van der Waals surface area contributed by atoms with Gasteiger partial charge in [0.1, 0.15) is 0 Å². The second-order valence-electron chi connectivity index (χ2n) is 15.5. The number of nitrogens with zero attached hydrogens (tertiary/aromatic N) is 1. The van der Waals surface area contributed by atoms with Crippen molar-refractivity contribution in [2.45, 2.75) is 6.18 Å². The van der Waals surface area contributed by atoms with Crippen LogP contribution in [0.15, 0.2) is 243 Å². The molecule has 0 unspecified atom stereocenters. The Hall–Kier alpha value is -7.00. The van der Waals surface area contributed by atoms with Crippen molar-refractivity contribution in [2.24, 2.45) is 0 Å². The zero-order valence-electron chi connectivity index (χ0n) is 33.2. The molecular formula is C55H40F3NSi2. The number of alkyl halides is 3. The fourth-order valence-corrected chi connectivity index (χ4v) is 19.3. The van der Waals surface area contributed by atoms with E-state index in [4.69, 9.17) is 0 Å². The van der Waals surface area contributed by atoms with E-state index in [-0.39, 0.29) is 0 Å². The zero-order chi connectivity index (χ0) is 41.4. The first kappa shape index (κ1) is 38.2. The number of fused-ring (bicyclic) bond motifs is 3. The minimum absolute atomic E-state index is 0.464. The van der Waals surface area contributed by atoms with Crippen molar-refractivity contribution in [3.63, 3.8) is 0 Å². The quantitative estimate of drug-likeness (QED) is 0.102. The van der Waals surface area contributed by atoms with Gasteiger partial charge in [-0.25, -0.2) is 0 Å². The minimum Gasteiger partial charge on any atom is -0.309 e. The molecule has 0 N–H and O–H groups in total. The maximum absolute atomic E-state index is 14.4. The lowest BCUT2D eigenvalue weighted by atomic mass is 10.1. The Kier molecular flexibility index (Phi) is 9.74. The van der Waals surface area contributed by atoms with E-state index < -0.39 is 27.9 Å². The number of benzene rings is 9. The third-order valence-electron chi connectivity index (χ3n) is 12.3. The molecule has 0 amide bonds. The van der Waals surface area contributed by atoms with Crippen molar-refractivity contribution in [3.05, 3.63) is 248 Å². The molecule has 0 atom stereocenters. The average Bonchev–Trinajstić information content (AvgIpc) is 3.65. The number of aromatic nitrogens is 1. The maximum atomic E-state index is 14.4. The Bertz CT molecular complexity index is 2720. The van der Waals surface area contributed by atoms with Crippen LogP contribution in [-0.2, 0) is 6.18 Å². The molecule has 1 nitrogen and oxygen atoms in total. The second-order valence-corrected chi connectivity index (χ2v) is 23.2. The largest absolute Gasteiger partial charge is 0.416 e. The van der Waals surface area contributed by atoms with Gasteiger partial charge in [0.05, 0.1) is 16.6 Å². The summed E-state index contributed by atoms with van der Waals surface area (Å²) in [4.78, 5) is 0. The smallest absolute Gasteiger partial charge is 0.309 e. The van der Waals surface area contributed by atoms with Gasteiger partial charge >= 0.3 is 6.18 Å². The summed E-state index contributed by atoms with van der Waals surface area (Å²) in [7, 11) is -5.93. The number of hydrogen-bond acceptors (Lipinski definition) is 0. The van der Waals surface area contributed by atoms with Gasteiger partial charge in [0.15, 0.2) is 16.1 Å². The lowest BCUT2D eigenvalue weighted by Gasteiger charge is -2.34. The van der Waals surface area contributed by atoms with E-state index in [0.29, 0.717) is 5.69 Å². The van der Waals surface area contributed by atoms with E-state index in [1.54, 1.807) is 6.07 Å². The van der Waals surface area contributed by atoms with Crippen LogP contribution in [0.2, 0.25) is 0 Å². The summed E-state index contributed by atoms with van der Waals surface area (Å²) in [6.45, 7) is 0. The molecule has 0 aliphatic heterocycles. The highest BCUT2D eigenvalue weighted by Crippen LogP contribution is 2.35. The molecule has 1 heterocycles. The number of rotatable bonds is 9. The number of hydrogen-bond donors (Lipinski definition) is 0. The van der Waals surface area contributed by atoms with E-state index in [9.17, 15) is 13.2 Å². The molecule has 294 valence electrons. The molecule has 10 rings (SSSR count). The summed E-state index contributed by atoms with van der Waals surface area (Å²) in [6.07, 6.45) is -4.49. The molecule has 1 aromatic heterocycles. The Morgan fingerprint density at radius 2 is 0.607 bits per heavy atom. The molecular weight excluding hydrogens is 788 g/mol. The summed E-state index contributed by atoms with van der Waals surface area (Å²) in [5, 5.41) is 11.8. The van der Waals surface area contributed by atoms with Crippen LogP contribution in [0.5, 0.6) is 0 Å². The third-order valence-corrected chi connectivity index (χ3v) is 21.9. The zero-order valence-corrected chi connectivity index (χ0v) is 35.2. The van der Waals surface area contributed by atoms with E-state index in [1.807, 2.05) is 4.57 Å². The number of halogens is 3. The molecule has 0 fully saturated rings. The maximum Gasteiger partial charge on any atom is 0.416 e. The van der Waals surface area contributed by atoms with Crippen molar-refractivity contribution >= 4 is 79.4 Å². The Balaban J connectivity index is 1.35. The van der Waals surface area contributed by atoms with Gasteiger partial charge < -0.3 is 4.57 Å². The lowest BCUT2D eigenvalue weighted by Crippen LogP contribution is -2.74. The van der Waals surface area contributed by atoms with E-state index in [0.717, 1.165) is 27.9 Å². The molecule has 0 aliphatic carbocycles. The molecule has 9 aromatic carbocycles. The SMILES string of the molecule is FC(F)(F)c1cccc(-n2c3ccc([Si](c4ccccc4)(c4ccccc4)c4ccccc4)cc3c3cc([Si](c4ccccc4)(c4ccccc4)c4ccccc4)ccc32)c1. The van der Waals surface area contributed by atoms with Crippen LogP contribution in [-0.4, -0.2) is 20.7 Å². The average molecular weight is 828 g/mol. The molecule has 0 saturated heterocycles. The van der Waals surface area contributed by atoms with E-state index in [2.05, 4.69) is 218 Å². The van der Waals surface area contributed by atoms with Gasteiger partial charge in [-0.2, -0.15) is 13.2 Å². The Morgan fingerprint density at radius 3 is 0.902 bits per heavy atom. The highest BCUT2D eigenvalue weighted by atomic mass is 28.3.